The Morgan fingerprint density at radius 1 is 1.32 bits per heavy atom. The van der Waals surface area contributed by atoms with E-state index in [0.717, 1.165) is 10.4 Å². The number of ether oxygens (including phenoxy) is 1. The van der Waals surface area contributed by atoms with E-state index >= 15 is 0 Å². The standard InChI is InChI=1S/C16H11NO4S/c1-10-17-12(9-22-10)4-7-15(18)20-13-5-2-11-3-6-16(19)21-14(11)8-13/h2-9H,1H3/b7-4+. The largest absolute Gasteiger partial charge is 0.423 e. The van der Waals surface area contributed by atoms with Gasteiger partial charge in [-0.1, -0.05) is 0 Å². The lowest BCUT2D eigenvalue weighted by Gasteiger charge is -2.02. The molecule has 3 rings (SSSR count). The lowest BCUT2D eigenvalue weighted by molar-refractivity contribution is -0.128. The molecule has 0 N–H and O–H groups in total. The fourth-order valence-corrected chi connectivity index (χ4v) is 2.45. The van der Waals surface area contributed by atoms with E-state index in [9.17, 15) is 9.59 Å². The van der Waals surface area contributed by atoms with Gasteiger partial charge >= 0.3 is 11.6 Å². The van der Waals surface area contributed by atoms with Crippen molar-refractivity contribution in [3.63, 3.8) is 0 Å². The molecule has 6 heteroatoms. The van der Waals surface area contributed by atoms with E-state index in [0.29, 0.717) is 17.0 Å². The fourth-order valence-electron chi connectivity index (χ4n) is 1.86. The minimum absolute atomic E-state index is 0.311. The van der Waals surface area contributed by atoms with Crippen LogP contribution in [0.4, 0.5) is 0 Å². The number of aryl methyl sites for hydroxylation is 1. The highest BCUT2D eigenvalue weighted by atomic mass is 32.1. The van der Waals surface area contributed by atoms with Gasteiger partial charge in [0.2, 0.25) is 0 Å². The summed E-state index contributed by atoms with van der Waals surface area (Å²) in [6.45, 7) is 1.89. The first-order valence-electron chi connectivity index (χ1n) is 6.46. The minimum Gasteiger partial charge on any atom is -0.423 e. The third kappa shape index (κ3) is 3.29. The minimum atomic E-state index is -0.525. The monoisotopic (exact) mass is 313 g/mol. The Kier molecular flexibility index (Phi) is 3.84. The summed E-state index contributed by atoms with van der Waals surface area (Å²) >= 11 is 1.51. The second-order valence-corrected chi connectivity index (χ2v) is 5.56. The summed E-state index contributed by atoms with van der Waals surface area (Å²) < 4.78 is 10.2. The van der Waals surface area contributed by atoms with Crippen LogP contribution >= 0.6 is 11.3 Å². The number of aromatic nitrogens is 1. The fraction of sp³-hybridized carbons (Fsp3) is 0.0625. The van der Waals surface area contributed by atoms with E-state index in [-0.39, 0.29) is 0 Å². The molecule has 0 saturated carbocycles. The summed E-state index contributed by atoms with van der Waals surface area (Å²) in [6.07, 6.45) is 2.90. The maximum Gasteiger partial charge on any atom is 0.336 e. The van der Waals surface area contributed by atoms with Crippen molar-refractivity contribution in [1.29, 1.82) is 0 Å². The van der Waals surface area contributed by atoms with E-state index in [1.807, 2.05) is 12.3 Å². The van der Waals surface area contributed by atoms with Crippen molar-refractivity contribution < 1.29 is 13.9 Å². The Morgan fingerprint density at radius 3 is 2.91 bits per heavy atom. The molecule has 0 amide bonds. The van der Waals surface area contributed by atoms with Crippen LogP contribution in [0.15, 0.2) is 51.0 Å². The predicted octanol–water partition coefficient (Wildman–Crippen LogP) is 3.18. The average Bonchev–Trinajstić information content (AvgIpc) is 2.90. The molecular formula is C16H11NO4S. The average molecular weight is 313 g/mol. The number of benzene rings is 1. The predicted molar refractivity (Wildman–Crippen MR) is 84.0 cm³/mol. The van der Waals surface area contributed by atoms with E-state index in [1.165, 1.54) is 29.5 Å². The molecule has 0 spiro atoms. The van der Waals surface area contributed by atoms with E-state index < -0.39 is 11.6 Å². The van der Waals surface area contributed by atoms with Crippen molar-refractivity contribution in [2.75, 3.05) is 0 Å². The molecule has 1 aromatic carbocycles. The Labute approximate surface area is 129 Å². The third-order valence-corrected chi connectivity index (χ3v) is 3.63. The van der Waals surface area contributed by atoms with Gasteiger partial charge in [0.05, 0.1) is 10.7 Å². The highest BCUT2D eigenvalue weighted by molar-refractivity contribution is 7.09. The Morgan fingerprint density at radius 2 is 2.14 bits per heavy atom. The van der Waals surface area contributed by atoms with Gasteiger partial charge in [0.1, 0.15) is 11.3 Å². The zero-order valence-electron chi connectivity index (χ0n) is 11.6. The van der Waals surface area contributed by atoms with Gasteiger partial charge in [-0.3, -0.25) is 0 Å². The van der Waals surface area contributed by atoms with Crippen LogP contribution in [0.3, 0.4) is 0 Å². The first kappa shape index (κ1) is 14.2. The lowest BCUT2D eigenvalue weighted by Crippen LogP contribution is -2.03. The molecule has 2 heterocycles. The molecule has 0 aliphatic rings. The molecule has 0 unspecified atom stereocenters. The first-order chi connectivity index (χ1) is 10.6. The zero-order valence-corrected chi connectivity index (χ0v) is 12.4. The number of hydrogen-bond acceptors (Lipinski definition) is 6. The Hall–Kier alpha value is -2.73. The quantitative estimate of drug-likeness (QED) is 0.321. The zero-order chi connectivity index (χ0) is 15.5. The van der Waals surface area contributed by atoms with Crippen molar-refractivity contribution in [2.24, 2.45) is 0 Å². The van der Waals surface area contributed by atoms with Crippen LogP contribution in [0.2, 0.25) is 0 Å². The number of esters is 1. The lowest BCUT2D eigenvalue weighted by atomic mass is 10.2. The number of nitrogens with zero attached hydrogens (tertiary/aromatic N) is 1. The summed E-state index contributed by atoms with van der Waals surface area (Å²) in [4.78, 5) is 27.2. The van der Waals surface area contributed by atoms with E-state index in [2.05, 4.69) is 4.98 Å². The molecule has 0 aliphatic carbocycles. The summed E-state index contributed by atoms with van der Waals surface area (Å²) in [5, 5.41) is 3.54. The normalized spacial score (nSPS) is 11.1. The highest BCUT2D eigenvalue weighted by Crippen LogP contribution is 2.19. The van der Waals surface area contributed by atoms with E-state index in [1.54, 1.807) is 24.3 Å². The van der Waals surface area contributed by atoms with Crippen LogP contribution in [-0.4, -0.2) is 11.0 Å². The van der Waals surface area contributed by atoms with Crippen molar-refractivity contribution >= 4 is 34.4 Å². The van der Waals surface area contributed by atoms with Gasteiger partial charge < -0.3 is 9.15 Å². The first-order valence-corrected chi connectivity index (χ1v) is 7.34. The molecule has 5 nitrogen and oxygen atoms in total. The summed E-state index contributed by atoms with van der Waals surface area (Å²) in [7, 11) is 0. The summed E-state index contributed by atoms with van der Waals surface area (Å²) in [6, 6.07) is 7.86. The van der Waals surface area contributed by atoms with Gasteiger partial charge in [-0.2, -0.15) is 0 Å². The molecule has 22 heavy (non-hydrogen) atoms. The van der Waals surface area contributed by atoms with Crippen molar-refractivity contribution in [3.8, 4) is 5.75 Å². The molecule has 2 aromatic heterocycles. The topological polar surface area (TPSA) is 69.4 Å². The van der Waals surface area contributed by atoms with Crippen LogP contribution in [0, 0.1) is 6.92 Å². The van der Waals surface area contributed by atoms with Crippen molar-refractivity contribution in [1.82, 2.24) is 4.98 Å². The maximum absolute atomic E-state index is 11.8. The van der Waals surface area contributed by atoms with E-state index in [4.69, 9.17) is 9.15 Å². The van der Waals surface area contributed by atoms with Crippen LogP contribution in [0.1, 0.15) is 10.7 Å². The number of carbonyl (C=O) groups excluding carboxylic acids is 1. The Balaban J connectivity index is 1.76. The summed E-state index contributed by atoms with van der Waals surface area (Å²) in [5.74, 6) is -0.214. The van der Waals surface area contributed by atoms with Crippen molar-refractivity contribution in [3.05, 3.63) is 62.9 Å². The number of fused-ring (bicyclic) bond motifs is 1. The van der Waals surface area contributed by atoms with Gasteiger partial charge in [0, 0.05) is 29.0 Å². The number of rotatable bonds is 3. The molecule has 0 saturated heterocycles. The molecule has 0 atom stereocenters. The van der Waals surface area contributed by atoms with Gasteiger partial charge in [-0.05, 0) is 31.2 Å². The summed E-state index contributed by atoms with van der Waals surface area (Å²) in [5.41, 5.74) is 0.635. The third-order valence-electron chi connectivity index (χ3n) is 2.84. The molecule has 0 fully saturated rings. The smallest absolute Gasteiger partial charge is 0.336 e. The number of hydrogen-bond donors (Lipinski definition) is 0. The highest BCUT2D eigenvalue weighted by Gasteiger charge is 2.04. The SMILES string of the molecule is Cc1nc(/C=C/C(=O)Oc2ccc3ccc(=O)oc3c2)cs1. The second kappa shape index (κ2) is 5.95. The molecule has 110 valence electrons. The molecular weight excluding hydrogens is 302 g/mol. The van der Waals surface area contributed by atoms with Crippen LogP contribution < -0.4 is 10.4 Å². The van der Waals surface area contributed by atoms with Gasteiger partial charge in [0.15, 0.2) is 0 Å². The van der Waals surface area contributed by atoms with Crippen LogP contribution in [-0.2, 0) is 4.79 Å². The van der Waals surface area contributed by atoms with Gasteiger partial charge in [-0.15, -0.1) is 11.3 Å². The molecule has 0 bridgehead atoms. The Bertz CT molecular complexity index is 923. The second-order valence-electron chi connectivity index (χ2n) is 4.50. The van der Waals surface area contributed by atoms with Crippen LogP contribution in [0.5, 0.6) is 5.75 Å². The molecule has 3 aromatic rings. The van der Waals surface area contributed by atoms with Gasteiger partial charge in [0.25, 0.3) is 0 Å². The van der Waals surface area contributed by atoms with Gasteiger partial charge in [-0.25, -0.2) is 14.6 Å². The number of carbonyl (C=O) groups is 1. The maximum atomic E-state index is 11.8. The van der Waals surface area contributed by atoms with Crippen LogP contribution in [0.25, 0.3) is 17.0 Å². The number of thiazole rings is 1. The molecule has 0 aliphatic heterocycles. The van der Waals surface area contributed by atoms with Crippen molar-refractivity contribution in [2.45, 2.75) is 6.92 Å². The molecule has 0 radical (unpaired) electrons.